The van der Waals surface area contributed by atoms with E-state index in [4.69, 9.17) is 9.45 Å². The highest BCUT2D eigenvalue weighted by Crippen LogP contribution is 2.43. The molecular formula is C4H11O5PS2. The van der Waals surface area contributed by atoms with Gasteiger partial charge < -0.3 is 4.89 Å². The maximum absolute atomic E-state index is 10.9. The zero-order chi connectivity index (χ0) is 9.83. The van der Waals surface area contributed by atoms with Crippen molar-refractivity contribution < 1.29 is 22.4 Å². The van der Waals surface area contributed by atoms with Crippen molar-refractivity contribution in [3.05, 3.63) is 0 Å². The van der Waals surface area contributed by atoms with E-state index in [2.05, 4.69) is 0 Å². The minimum Gasteiger partial charge on any atom is -0.344 e. The number of hydrogen-bond donors (Lipinski definition) is 2. The van der Waals surface area contributed by atoms with E-state index < -0.39 is 22.6 Å². The summed E-state index contributed by atoms with van der Waals surface area (Å²) in [6.07, 6.45) is 0.117. The van der Waals surface area contributed by atoms with Gasteiger partial charge in [0, 0.05) is 6.16 Å². The Morgan fingerprint density at radius 1 is 1.50 bits per heavy atom. The highest BCUT2D eigenvalue weighted by atomic mass is 32.3. The molecule has 1 unspecified atom stereocenters. The van der Waals surface area contributed by atoms with Crippen LogP contribution < -0.4 is 0 Å². The number of thioether (sulfide) groups is 1. The smallest absolute Gasteiger partial charge is 0.274 e. The Balaban J connectivity index is 3.80. The van der Waals surface area contributed by atoms with Gasteiger partial charge in [0.1, 0.15) is 5.08 Å². The summed E-state index contributed by atoms with van der Waals surface area (Å²) >= 11 is 0.741. The minimum absolute atomic E-state index is 0.117. The predicted octanol–water partition coefficient (Wildman–Crippen LogP) is 0.813. The summed E-state index contributed by atoms with van der Waals surface area (Å²) in [6, 6.07) is 0. The molecule has 0 aliphatic rings. The lowest BCUT2D eigenvalue weighted by atomic mass is 11.0. The monoisotopic (exact) mass is 234 g/mol. The van der Waals surface area contributed by atoms with Crippen molar-refractivity contribution in [3.8, 4) is 0 Å². The van der Waals surface area contributed by atoms with Crippen LogP contribution in [-0.4, -0.2) is 34.6 Å². The van der Waals surface area contributed by atoms with Crippen LogP contribution in [-0.2, 0) is 14.7 Å². The molecule has 0 fully saturated rings. The van der Waals surface area contributed by atoms with E-state index in [1.54, 1.807) is 6.92 Å². The fourth-order valence-electron chi connectivity index (χ4n) is 0.377. The largest absolute Gasteiger partial charge is 0.344 e. The van der Waals surface area contributed by atoms with Crippen molar-refractivity contribution in [2.75, 3.05) is 16.7 Å². The van der Waals surface area contributed by atoms with Crippen LogP contribution in [0.15, 0.2) is 0 Å². The molecule has 0 aromatic carbocycles. The summed E-state index contributed by atoms with van der Waals surface area (Å²) < 4.78 is 39.5. The lowest BCUT2D eigenvalue weighted by Gasteiger charge is -2.06. The van der Waals surface area contributed by atoms with Crippen molar-refractivity contribution in [2.24, 2.45) is 0 Å². The molecular weight excluding hydrogens is 223 g/mol. The summed E-state index contributed by atoms with van der Waals surface area (Å²) in [7, 11) is -7.20. The predicted molar refractivity (Wildman–Crippen MR) is 49.2 cm³/mol. The summed E-state index contributed by atoms with van der Waals surface area (Å²) in [5.74, 6) is 0. The molecule has 0 aromatic heterocycles. The molecule has 5 nitrogen and oxygen atoms in total. The number of rotatable bonds is 5. The molecule has 0 amide bonds. The van der Waals surface area contributed by atoms with E-state index in [1.807, 2.05) is 0 Å². The second-order valence-electron chi connectivity index (χ2n) is 2.20. The van der Waals surface area contributed by atoms with E-state index in [9.17, 15) is 13.0 Å². The van der Waals surface area contributed by atoms with Gasteiger partial charge in [-0.2, -0.15) is 8.42 Å². The van der Waals surface area contributed by atoms with Crippen molar-refractivity contribution in [3.63, 3.8) is 0 Å². The SMILES string of the molecule is CCP(=O)(O)CSCS(=O)(=O)O. The van der Waals surface area contributed by atoms with Crippen molar-refractivity contribution in [2.45, 2.75) is 6.92 Å². The summed E-state index contributed by atoms with van der Waals surface area (Å²) in [5.41, 5.74) is -0.136. The zero-order valence-corrected chi connectivity index (χ0v) is 9.03. The first-order chi connectivity index (χ1) is 5.27. The summed E-state index contributed by atoms with van der Waals surface area (Å²) in [6.45, 7) is 1.55. The normalized spacial score (nSPS) is 17.2. The van der Waals surface area contributed by atoms with Gasteiger partial charge in [-0.3, -0.25) is 9.12 Å². The van der Waals surface area contributed by atoms with E-state index in [-0.39, 0.29) is 11.7 Å². The standard InChI is InChI=1S/C4H11O5PS2/c1-2-10(5,6)3-11-4-12(7,8)9/h2-4H2,1H3,(H,5,6)(H,7,8,9). The lowest BCUT2D eigenvalue weighted by Crippen LogP contribution is -2.01. The molecule has 0 aliphatic heterocycles. The van der Waals surface area contributed by atoms with Crippen LogP contribution in [0.3, 0.4) is 0 Å². The first-order valence-corrected chi connectivity index (χ1v) is 7.90. The zero-order valence-electron chi connectivity index (χ0n) is 6.50. The Kier molecular flexibility index (Phi) is 4.79. The third-order valence-corrected chi connectivity index (χ3v) is 6.21. The average Bonchev–Trinajstić information content (AvgIpc) is 1.84. The van der Waals surface area contributed by atoms with Crippen molar-refractivity contribution in [1.82, 2.24) is 0 Å². The van der Waals surface area contributed by atoms with Gasteiger partial charge in [-0.25, -0.2) is 0 Å². The first kappa shape index (κ1) is 12.4. The van der Waals surface area contributed by atoms with Crippen LogP contribution in [0.4, 0.5) is 0 Å². The maximum Gasteiger partial charge on any atom is 0.274 e. The molecule has 0 spiro atoms. The Labute approximate surface area is 75.8 Å². The van der Waals surface area contributed by atoms with Gasteiger partial charge in [-0.15, -0.1) is 11.8 Å². The highest BCUT2D eigenvalue weighted by molar-refractivity contribution is 8.13. The lowest BCUT2D eigenvalue weighted by molar-refractivity contribution is 0.485. The van der Waals surface area contributed by atoms with E-state index >= 15 is 0 Å². The second-order valence-corrected chi connectivity index (χ2v) is 8.07. The van der Waals surface area contributed by atoms with E-state index in [0.29, 0.717) is 0 Å². The van der Waals surface area contributed by atoms with Gasteiger partial charge in [0.05, 0.1) is 5.49 Å². The summed E-state index contributed by atoms with van der Waals surface area (Å²) in [4.78, 5) is 8.98. The summed E-state index contributed by atoms with van der Waals surface area (Å²) in [5, 5.41) is -0.530. The third-order valence-electron chi connectivity index (χ3n) is 1.02. The fourth-order valence-corrected chi connectivity index (χ4v) is 4.06. The van der Waals surface area contributed by atoms with Gasteiger partial charge in [0.25, 0.3) is 10.1 Å². The Morgan fingerprint density at radius 3 is 2.33 bits per heavy atom. The molecule has 74 valence electrons. The molecule has 0 aliphatic carbocycles. The van der Waals surface area contributed by atoms with Gasteiger partial charge in [0.2, 0.25) is 7.37 Å². The van der Waals surface area contributed by atoms with Crippen LogP contribution in [0, 0.1) is 0 Å². The van der Waals surface area contributed by atoms with Crippen molar-refractivity contribution >= 4 is 29.2 Å². The Morgan fingerprint density at radius 2 is 2.00 bits per heavy atom. The first-order valence-electron chi connectivity index (χ1n) is 3.10. The molecule has 0 heterocycles. The quantitative estimate of drug-likeness (QED) is 0.540. The van der Waals surface area contributed by atoms with E-state index in [0.717, 1.165) is 11.8 Å². The molecule has 2 N–H and O–H groups in total. The van der Waals surface area contributed by atoms with Crippen LogP contribution in [0.1, 0.15) is 6.92 Å². The molecule has 1 atom stereocenters. The average molecular weight is 234 g/mol. The molecule has 0 radical (unpaired) electrons. The second kappa shape index (κ2) is 4.62. The van der Waals surface area contributed by atoms with Crippen LogP contribution in [0.25, 0.3) is 0 Å². The maximum atomic E-state index is 10.9. The topological polar surface area (TPSA) is 91.7 Å². The third kappa shape index (κ3) is 7.12. The molecule has 0 bridgehead atoms. The van der Waals surface area contributed by atoms with E-state index in [1.165, 1.54) is 0 Å². The molecule has 8 heteroatoms. The Bertz CT molecular complexity index is 271. The minimum atomic E-state index is -4.02. The molecule has 0 rings (SSSR count). The molecule has 0 saturated carbocycles. The fraction of sp³-hybridized carbons (Fsp3) is 1.00. The molecule has 0 aromatic rings. The number of hydrogen-bond acceptors (Lipinski definition) is 4. The van der Waals surface area contributed by atoms with Crippen LogP contribution in [0.5, 0.6) is 0 Å². The molecule has 12 heavy (non-hydrogen) atoms. The van der Waals surface area contributed by atoms with Crippen molar-refractivity contribution in [1.29, 1.82) is 0 Å². The van der Waals surface area contributed by atoms with Gasteiger partial charge in [-0.05, 0) is 0 Å². The van der Waals surface area contributed by atoms with Crippen LogP contribution in [0.2, 0.25) is 0 Å². The van der Waals surface area contributed by atoms with Gasteiger partial charge in [0.15, 0.2) is 0 Å². The molecule has 0 saturated heterocycles. The van der Waals surface area contributed by atoms with Gasteiger partial charge in [-0.1, -0.05) is 6.92 Å². The van der Waals surface area contributed by atoms with Gasteiger partial charge >= 0.3 is 0 Å². The van der Waals surface area contributed by atoms with Crippen LogP contribution >= 0.6 is 19.1 Å². The Hall–Kier alpha value is 0.450. The highest BCUT2D eigenvalue weighted by Gasteiger charge is 2.16.